The molecular formula is C13H16ClN5O4. The van der Waals surface area contributed by atoms with Gasteiger partial charge >= 0.3 is 11.8 Å². The van der Waals surface area contributed by atoms with E-state index in [1.54, 1.807) is 5.01 Å². The second kappa shape index (κ2) is 7.36. The molecule has 1 saturated heterocycles. The van der Waals surface area contributed by atoms with Crippen molar-refractivity contribution in [1.29, 1.82) is 0 Å². The van der Waals surface area contributed by atoms with E-state index in [1.165, 1.54) is 12.1 Å². The number of hydrogen-bond donors (Lipinski definition) is 2. The van der Waals surface area contributed by atoms with Gasteiger partial charge in [-0.1, -0.05) is 11.6 Å². The number of carbonyl (C=O) groups is 2. The van der Waals surface area contributed by atoms with Gasteiger partial charge in [-0.05, 0) is 13.1 Å². The summed E-state index contributed by atoms with van der Waals surface area (Å²) in [6, 6.07) is 3.60. The van der Waals surface area contributed by atoms with Gasteiger partial charge in [-0.25, -0.2) is 5.01 Å². The zero-order valence-corrected chi connectivity index (χ0v) is 13.2. The van der Waals surface area contributed by atoms with E-state index in [9.17, 15) is 19.7 Å². The molecule has 1 fully saturated rings. The van der Waals surface area contributed by atoms with Gasteiger partial charge in [0, 0.05) is 38.3 Å². The highest BCUT2D eigenvalue weighted by molar-refractivity contribution is 6.41. The molecule has 10 heteroatoms. The maximum absolute atomic E-state index is 11.9. The van der Waals surface area contributed by atoms with Gasteiger partial charge in [-0.2, -0.15) is 0 Å². The fourth-order valence-corrected chi connectivity index (χ4v) is 2.18. The standard InChI is InChI=1S/C13H16ClN5O4/c1-17-4-6-18(7-5-17)16-13(21)12(20)15-11-8-9(19(22)23)2-3-10(11)14/h2-3,8H,4-7H2,1H3,(H,15,20)(H,16,21). The molecule has 0 saturated carbocycles. The number of nitrogens with zero attached hydrogens (tertiary/aromatic N) is 3. The molecule has 9 nitrogen and oxygen atoms in total. The molecule has 0 aliphatic carbocycles. The van der Waals surface area contributed by atoms with Crippen LogP contribution in [0.2, 0.25) is 5.02 Å². The number of nitrogens with one attached hydrogen (secondary N) is 2. The van der Waals surface area contributed by atoms with Crippen molar-refractivity contribution in [3.05, 3.63) is 33.3 Å². The number of rotatable bonds is 3. The van der Waals surface area contributed by atoms with Crippen molar-refractivity contribution in [1.82, 2.24) is 15.3 Å². The Bertz CT molecular complexity index is 631. The van der Waals surface area contributed by atoms with E-state index in [2.05, 4.69) is 15.6 Å². The summed E-state index contributed by atoms with van der Waals surface area (Å²) in [5.41, 5.74) is 2.28. The van der Waals surface area contributed by atoms with E-state index >= 15 is 0 Å². The first kappa shape index (κ1) is 17.1. The number of hydrogen-bond acceptors (Lipinski definition) is 6. The lowest BCUT2D eigenvalue weighted by Crippen LogP contribution is -2.54. The van der Waals surface area contributed by atoms with E-state index < -0.39 is 16.7 Å². The molecule has 23 heavy (non-hydrogen) atoms. The number of piperazine rings is 1. The van der Waals surface area contributed by atoms with Crippen LogP contribution >= 0.6 is 11.6 Å². The molecule has 1 aliphatic heterocycles. The van der Waals surface area contributed by atoms with Gasteiger partial charge in [0.25, 0.3) is 5.69 Å². The summed E-state index contributed by atoms with van der Waals surface area (Å²) >= 11 is 5.87. The molecule has 124 valence electrons. The van der Waals surface area contributed by atoms with Crippen LogP contribution < -0.4 is 10.7 Å². The van der Waals surface area contributed by atoms with Gasteiger partial charge < -0.3 is 10.2 Å². The minimum atomic E-state index is -0.939. The van der Waals surface area contributed by atoms with Crippen molar-refractivity contribution in [3.8, 4) is 0 Å². The highest BCUT2D eigenvalue weighted by Crippen LogP contribution is 2.26. The number of likely N-dealkylation sites (N-methyl/N-ethyl adjacent to an activating group) is 1. The third kappa shape index (κ3) is 4.62. The number of anilines is 1. The molecule has 1 aromatic rings. The zero-order chi connectivity index (χ0) is 17.0. The number of halogens is 1. The molecule has 0 spiro atoms. The van der Waals surface area contributed by atoms with Crippen LogP contribution in [-0.4, -0.2) is 59.9 Å². The Morgan fingerprint density at radius 3 is 2.48 bits per heavy atom. The maximum Gasteiger partial charge on any atom is 0.323 e. The average Bonchev–Trinajstić information content (AvgIpc) is 2.51. The largest absolute Gasteiger partial charge is 0.323 e. The molecule has 1 heterocycles. The molecule has 0 atom stereocenters. The Hall–Kier alpha value is -2.23. The number of amides is 2. The smallest absolute Gasteiger partial charge is 0.316 e. The summed E-state index contributed by atoms with van der Waals surface area (Å²) in [4.78, 5) is 36.0. The normalized spacial score (nSPS) is 15.9. The van der Waals surface area contributed by atoms with Gasteiger partial charge in [0.15, 0.2) is 0 Å². The summed E-state index contributed by atoms with van der Waals surface area (Å²) in [6.07, 6.45) is 0. The third-order valence-corrected chi connectivity index (χ3v) is 3.71. The van der Waals surface area contributed by atoms with Gasteiger partial charge in [0.05, 0.1) is 15.6 Å². The molecule has 0 aromatic heterocycles. The van der Waals surface area contributed by atoms with Crippen LogP contribution in [0.3, 0.4) is 0 Å². The first-order valence-electron chi connectivity index (χ1n) is 6.86. The number of non-ortho nitro benzene ring substituents is 1. The SMILES string of the molecule is CN1CCN(NC(=O)C(=O)Nc2cc([N+](=O)[O-])ccc2Cl)CC1. The average molecular weight is 342 g/mol. The number of carbonyl (C=O) groups excluding carboxylic acids is 2. The highest BCUT2D eigenvalue weighted by Gasteiger charge is 2.21. The van der Waals surface area contributed by atoms with Crippen molar-refractivity contribution in [2.75, 3.05) is 38.5 Å². The fourth-order valence-electron chi connectivity index (χ4n) is 2.01. The molecule has 1 aromatic carbocycles. The number of nitro benzene ring substituents is 1. The Labute approximate surface area is 137 Å². The quantitative estimate of drug-likeness (QED) is 0.470. The van der Waals surface area contributed by atoms with Crippen molar-refractivity contribution in [3.63, 3.8) is 0 Å². The minimum Gasteiger partial charge on any atom is -0.316 e. The number of nitro groups is 1. The van der Waals surface area contributed by atoms with Gasteiger partial charge in [0.2, 0.25) is 0 Å². The van der Waals surface area contributed by atoms with Crippen molar-refractivity contribution in [2.24, 2.45) is 0 Å². The number of hydrazine groups is 1. The van der Waals surface area contributed by atoms with Gasteiger partial charge in [-0.3, -0.25) is 25.1 Å². The first-order valence-corrected chi connectivity index (χ1v) is 7.24. The number of benzene rings is 1. The lowest BCUT2D eigenvalue weighted by molar-refractivity contribution is -0.384. The Balaban J connectivity index is 1.97. The predicted molar refractivity (Wildman–Crippen MR) is 83.9 cm³/mol. The summed E-state index contributed by atoms with van der Waals surface area (Å²) in [7, 11) is 1.97. The molecule has 0 radical (unpaired) electrons. The second-order valence-electron chi connectivity index (χ2n) is 5.11. The van der Waals surface area contributed by atoms with Gasteiger partial charge in [-0.15, -0.1) is 0 Å². The second-order valence-corrected chi connectivity index (χ2v) is 5.51. The predicted octanol–water partition coefficient (Wildman–Crippen LogP) is 0.465. The summed E-state index contributed by atoms with van der Waals surface area (Å²) < 4.78 is 0. The zero-order valence-electron chi connectivity index (χ0n) is 12.4. The molecule has 1 aliphatic rings. The van der Waals surface area contributed by atoms with Gasteiger partial charge in [0.1, 0.15) is 0 Å². The van der Waals surface area contributed by atoms with E-state index in [1.807, 2.05) is 7.05 Å². The molecular weight excluding hydrogens is 326 g/mol. The monoisotopic (exact) mass is 341 g/mol. The first-order chi connectivity index (χ1) is 10.9. The molecule has 0 bridgehead atoms. The Morgan fingerprint density at radius 1 is 1.22 bits per heavy atom. The topological polar surface area (TPSA) is 108 Å². The van der Waals surface area contributed by atoms with Crippen molar-refractivity contribution >= 4 is 34.8 Å². The maximum atomic E-state index is 11.9. The molecule has 2 N–H and O–H groups in total. The van der Waals surface area contributed by atoms with Crippen LogP contribution in [0.4, 0.5) is 11.4 Å². The van der Waals surface area contributed by atoms with Crippen LogP contribution in [-0.2, 0) is 9.59 Å². The van der Waals surface area contributed by atoms with E-state index in [0.717, 1.165) is 19.2 Å². The highest BCUT2D eigenvalue weighted by atomic mass is 35.5. The van der Waals surface area contributed by atoms with Crippen LogP contribution in [0.1, 0.15) is 0 Å². The fraction of sp³-hybridized carbons (Fsp3) is 0.385. The van der Waals surface area contributed by atoms with Crippen LogP contribution in [0.15, 0.2) is 18.2 Å². The Morgan fingerprint density at radius 2 is 1.87 bits per heavy atom. The van der Waals surface area contributed by atoms with E-state index in [-0.39, 0.29) is 16.4 Å². The molecule has 2 amide bonds. The van der Waals surface area contributed by atoms with Crippen LogP contribution in [0.25, 0.3) is 0 Å². The van der Waals surface area contributed by atoms with E-state index in [4.69, 9.17) is 11.6 Å². The molecule has 2 rings (SSSR count). The lowest BCUT2D eigenvalue weighted by Gasteiger charge is -2.32. The van der Waals surface area contributed by atoms with Crippen LogP contribution in [0.5, 0.6) is 0 Å². The van der Waals surface area contributed by atoms with Crippen molar-refractivity contribution < 1.29 is 14.5 Å². The lowest BCUT2D eigenvalue weighted by atomic mass is 10.2. The van der Waals surface area contributed by atoms with E-state index in [0.29, 0.717) is 13.1 Å². The summed E-state index contributed by atoms with van der Waals surface area (Å²) in [5.74, 6) is -1.79. The summed E-state index contributed by atoms with van der Waals surface area (Å²) in [5, 5.41) is 14.8. The van der Waals surface area contributed by atoms with Crippen LogP contribution in [0, 0.1) is 10.1 Å². The third-order valence-electron chi connectivity index (χ3n) is 3.38. The minimum absolute atomic E-state index is 0.0133. The summed E-state index contributed by atoms with van der Waals surface area (Å²) in [6.45, 7) is 2.76. The Kier molecular flexibility index (Phi) is 5.48. The van der Waals surface area contributed by atoms with Crippen molar-refractivity contribution in [2.45, 2.75) is 0 Å². The molecule has 0 unspecified atom stereocenters.